The molecule has 1 N–H and O–H groups in total. The van der Waals surface area contributed by atoms with Crippen LogP contribution in [0.5, 0.6) is 0 Å². The van der Waals surface area contributed by atoms with Gasteiger partial charge in [-0.2, -0.15) is 0 Å². The van der Waals surface area contributed by atoms with Crippen molar-refractivity contribution in [2.75, 3.05) is 5.32 Å². The van der Waals surface area contributed by atoms with Crippen LogP contribution in [0.15, 0.2) is 30.3 Å². The minimum atomic E-state index is -1.75. The van der Waals surface area contributed by atoms with E-state index in [1.165, 1.54) is 0 Å². The summed E-state index contributed by atoms with van der Waals surface area (Å²) >= 11 is 5.75. The lowest BCUT2D eigenvalue weighted by molar-refractivity contribution is -0.384. The van der Waals surface area contributed by atoms with Crippen LogP contribution in [0, 0.1) is 27.6 Å². The number of nitrogens with zero attached hydrogens (tertiary/aromatic N) is 1. The molecule has 0 spiro atoms. The Kier molecular flexibility index (Phi) is 4.32. The normalized spacial score (nSPS) is 10.4. The Hall–Kier alpha value is -2.61. The van der Waals surface area contributed by atoms with E-state index in [1.807, 2.05) is 5.32 Å². The minimum Gasteiger partial charge on any atom is -0.319 e. The second-order valence-electron chi connectivity index (χ2n) is 4.10. The summed E-state index contributed by atoms with van der Waals surface area (Å²) in [5.41, 5.74) is -1.33. The summed E-state index contributed by atoms with van der Waals surface area (Å²) in [6, 6.07) is 4.53. The molecule has 0 atom stereocenters. The predicted octanol–water partition coefficient (Wildman–Crippen LogP) is 3.92. The number of rotatable bonds is 3. The van der Waals surface area contributed by atoms with Crippen molar-refractivity contribution < 1.29 is 22.9 Å². The Morgan fingerprint density at radius 3 is 2.45 bits per heavy atom. The fraction of sp³-hybridized carbons (Fsp3) is 0. The Labute approximate surface area is 126 Å². The highest BCUT2D eigenvalue weighted by molar-refractivity contribution is 6.34. The molecule has 0 aliphatic carbocycles. The van der Waals surface area contributed by atoms with Gasteiger partial charge in [-0.3, -0.25) is 14.9 Å². The van der Waals surface area contributed by atoms with Crippen LogP contribution in [-0.4, -0.2) is 10.8 Å². The summed E-state index contributed by atoms with van der Waals surface area (Å²) in [4.78, 5) is 21.9. The van der Waals surface area contributed by atoms with Crippen molar-refractivity contribution in [3.8, 4) is 0 Å². The summed E-state index contributed by atoms with van der Waals surface area (Å²) < 4.78 is 39.4. The minimum absolute atomic E-state index is 0.119. The lowest BCUT2D eigenvalue weighted by atomic mass is 10.1. The maximum Gasteiger partial charge on any atom is 0.270 e. The number of nitro benzene ring substituents is 1. The molecule has 0 saturated carbocycles. The largest absolute Gasteiger partial charge is 0.319 e. The predicted molar refractivity (Wildman–Crippen MR) is 72.4 cm³/mol. The number of benzene rings is 2. The topological polar surface area (TPSA) is 72.2 Å². The number of non-ortho nitro benzene ring substituents is 1. The van der Waals surface area contributed by atoms with E-state index in [-0.39, 0.29) is 10.6 Å². The lowest BCUT2D eigenvalue weighted by Crippen LogP contribution is -2.14. The molecule has 0 aliphatic rings. The summed E-state index contributed by atoms with van der Waals surface area (Å²) in [7, 11) is 0. The van der Waals surface area contributed by atoms with Crippen LogP contribution in [0.1, 0.15) is 10.4 Å². The van der Waals surface area contributed by atoms with Crippen LogP contribution in [0.25, 0.3) is 0 Å². The molecule has 2 aromatic carbocycles. The molecule has 0 saturated heterocycles. The van der Waals surface area contributed by atoms with Crippen LogP contribution >= 0.6 is 11.6 Å². The molecule has 0 aliphatic heterocycles. The second-order valence-corrected chi connectivity index (χ2v) is 4.51. The van der Waals surface area contributed by atoms with E-state index in [1.54, 1.807) is 0 Å². The zero-order valence-corrected chi connectivity index (χ0v) is 11.3. The lowest BCUT2D eigenvalue weighted by Gasteiger charge is -2.08. The molecule has 0 radical (unpaired) electrons. The van der Waals surface area contributed by atoms with Gasteiger partial charge in [0.25, 0.3) is 11.6 Å². The van der Waals surface area contributed by atoms with Gasteiger partial charge in [0.2, 0.25) is 0 Å². The Morgan fingerprint density at radius 1 is 1.14 bits per heavy atom. The van der Waals surface area contributed by atoms with E-state index in [2.05, 4.69) is 0 Å². The Balaban J connectivity index is 2.36. The Bertz CT molecular complexity index is 783. The van der Waals surface area contributed by atoms with Crippen molar-refractivity contribution in [1.29, 1.82) is 0 Å². The van der Waals surface area contributed by atoms with Crippen LogP contribution < -0.4 is 5.32 Å². The molecule has 2 aromatic rings. The highest BCUT2D eigenvalue weighted by Crippen LogP contribution is 2.25. The number of amides is 1. The summed E-state index contributed by atoms with van der Waals surface area (Å²) in [6.45, 7) is 0. The molecular weight excluding hydrogens is 325 g/mol. The first-order valence-electron chi connectivity index (χ1n) is 5.70. The monoisotopic (exact) mass is 330 g/mol. The number of nitro groups is 1. The molecule has 0 heterocycles. The maximum absolute atomic E-state index is 13.5. The van der Waals surface area contributed by atoms with Gasteiger partial charge in [0.1, 0.15) is 0 Å². The van der Waals surface area contributed by atoms with E-state index in [0.29, 0.717) is 6.07 Å². The number of nitrogens with one attached hydrogen (secondary N) is 1. The van der Waals surface area contributed by atoms with Crippen molar-refractivity contribution in [2.24, 2.45) is 0 Å². The maximum atomic E-state index is 13.5. The number of hydrogen-bond acceptors (Lipinski definition) is 3. The van der Waals surface area contributed by atoms with Gasteiger partial charge in [0, 0.05) is 12.1 Å². The van der Waals surface area contributed by atoms with Gasteiger partial charge in [0.05, 0.1) is 21.2 Å². The van der Waals surface area contributed by atoms with Crippen molar-refractivity contribution in [3.63, 3.8) is 0 Å². The average molecular weight is 331 g/mol. The second kappa shape index (κ2) is 6.02. The quantitative estimate of drug-likeness (QED) is 0.526. The first-order chi connectivity index (χ1) is 10.3. The van der Waals surface area contributed by atoms with Crippen molar-refractivity contribution in [3.05, 3.63) is 68.5 Å². The molecule has 0 bridgehead atoms. The number of carbonyl (C=O) groups excluding carboxylic acids is 1. The van der Waals surface area contributed by atoms with Gasteiger partial charge in [-0.25, -0.2) is 13.2 Å². The van der Waals surface area contributed by atoms with Gasteiger partial charge >= 0.3 is 0 Å². The molecule has 22 heavy (non-hydrogen) atoms. The van der Waals surface area contributed by atoms with Gasteiger partial charge in [-0.1, -0.05) is 11.6 Å². The van der Waals surface area contributed by atoms with E-state index in [9.17, 15) is 28.1 Å². The number of hydrogen-bond donors (Lipinski definition) is 1. The number of carbonyl (C=O) groups is 1. The number of halogens is 4. The molecule has 114 valence electrons. The smallest absolute Gasteiger partial charge is 0.270 e. The van der Waals surface area contributed by atoms with Gasteiger partial charge < -0.3 is 5.32 Å². The summed E-state index contributed by atoms with van der Waals surface area (Å²) in [6.07, 6.45) is 0. The summed E-state index contributed by atoms with van der Waals surface area (Å²) in [5.74, 6) is -5.75. The average Bonchev–Trinajstić information content (AvgIpc) is 2.48. The van der Waals surface area contributed by atoms with Crippen molar-refractivity contribution in [2.45, 2.75) is 0 Å². The zero-order chi connectivity index (χ0) is 16.4. The SMILES string of the molecule is O=C(Nc1ccc(F)c(F)c1F)c1cc([N+](=O)[O-])ccc1Cl. The van der Waals surface area contributed by atoms with Crippen LogP contribution in [0.3, 0.4) is 0 Å². The molecular formula is C13H6ClF3N2O3. The molecule has 0 unspecified atom stereocenters. The van der Waals surface area contributed by atoms with E-state index in [0.717, 1.165) is 24.3 Å². The molecule has 9 heteroatoms. The first-order valence-corrected chi connectivity index (χ1v) is 6.08. The molecule has 0 fully saturated rings. The van der Waals surface area contributed by atoms with Crippen molar-refractivity contribution >= 4 is 28.9 Å². The zero-order valence-electron chi connectivity index (χ0n) is 10.6. The van der Waals surface area contributed by atoms with Crippen LogP contribution in [0.2, 0.25) is 5.02 Å². The highest BCUT2D eigenvalue weighted by atomic mass is 35.5. The first kappa shape index (κ1) is 15.8. The fourth-order valence-corrected chi connectivity index (χ4v) is 1.82. The van der Waals surface area contributed by atoms with Gasteiger partial charge in [-0.15, -0.1) is 0 Å². The van der Waals surface area contributed by atoms with E-state index in [4.69, 9.17) is 11.6 Å². The van der Waals surface area contributed by atoms with E-state index < -0.39 is 39.7 Å². The number of anilines is 1. The molecule has 0 aromatic heterocycles. The Morgan fingerprint density at radius 2 is 1.82 bits per heavy atom. The van der Waals surface area contributed by atoms with Crippen LogP contribution in [-0.2, 0) is 0 Å². The van der Waals surface area contributed by atoms with Crippen molar-refractivity contribution in [1.82, 2.24) is 0 Å². The third kappa shape index (κ3) is 3.01. The summed E-state index contributed by atoms with van der Waals surface area (Å²) in [5, 5.41) is 12.5. The van der Waals surface area contributed by atoms with Crippen LogP contribution in [0.4, 0.5) is 24.5 Å². The molecule has 1 amide bonds. The molecule has 2 rings (SSSR count). The molecule has 5 nitrogen and oxygen atoms in total. The van der Waals surface area contributed by atoms with Gasteiger partial charge in [0.15, 0.2) is 17.5 Å². The highest BCUT2D eigenvalue weighted by Gasteiger charge is 2.19. The van der Waals surface area contributed by atoms with Gasteiger partial charge in [-0.05, 0) is 18.2 Å². The standard InChI is InChI=1S/C13H6ClF3N2O3/c14-8-2-1-6(19(21)22)5-7(8)13(20)18-10-4-3-9(15)11(16)12(10)17/h1-5H,(H,18,20). The third-order valence-electron chi connectivity index (χ3n) is 2.69. The third-order valence-corrected chi connectivity index (χ3v) is 3.02. The fourth-order valence-electron chi connectivity index (χ4n) is 1.61. The van der Waals surface area contributed by atoms with E-state index >= 15 is 0 Å².